The van der Waals surface area contributed by atoms with Crippen LogP contribution < -0.4 is 14.8 Å². The highest BCUT2D eigenvalue weighted by molar-refractivity contribution is 5.88. The van der Waals surface area contributed by atoms with E-state index >= 15 is 0 Å². The van der Waals surface area contributed by atoms with Gasteiger partial charge in [0, 0.05) is 11.8 Å². The summed E-state index contributed by atoms with van der Waals surface area (Å²) in [4.78, 5) is 11.0. The molecular weight excluding hydrogens is 262 g/mol. The van der Waals surface area contributed by atoms with Gasteiger partial charge in [-0.05, 0) is 18.2 Å². The van der Waals surface area contributed by atoms with E-state index in [1.807, 2.05) is 6.07 Å². The van der Waals surface area contributed by atoms with Crippen LogP contribution in [0.5, 0.6) is 11.5 Å². The predicted octanol–water partition coefficient (Wildman–Crippen LogP) is 2.61. The number of carbonyl (C=O) groups is 1. The molecule has 2 N–H and O–H groups in total. The van der Waals surface area contributed by atoms with E-state index in [9.17, 15) is 4.79 Å². The summed E-state index contributed by atoms with van der Waals surface area (Å²) in [6.07, 6.45) is 1.36. The fourth-order valence-electron chi connectivity index (χ4n) is 1.80. The molecule has 20 heavy (non-hydrogen) atoms. The van der Waals surface area contributed by atoms with Crippen molar-refractivity contribution in [3.63, 3.8) is 0 Å². The number of carboxylic acids is 1. The number of ether oxygens (including phenoxy) is 2. The van der Waals surface area contributed by atoms with Crippen molar-refractivity contribution in [1.82, 2.24) is 0 Å². The standard InChI is InChI=1S/C14H15NO5/c1-18-11-4-3-9(7-12(11)19-2)15-8-13-10(14(16)17)5-6-20-13/h3-7,15H,8H2,1-2H3,(H,16,17). The highest BCUT2D eigenvalue weighted by atomic mass is 16.5. The molecule has 0 bridgehead atoms. The van der Waals surface area contributed by atoms with Crippen LogP contribution in [0, 0.1) is 0 Å². The van der Waals surface area contributed by atoms with E-state index in [0.717, 1.165) is 5.69 Å². The Morgan fingerprint density at radius 2 is 2.00 bits per heavy atom. The minimum Gasteiger partial charge on any atom is -0.493 e. The fraction of sp³-hybridized carbons (Fsp3) is 0.214. The monoisotopic (exact) mass is 277 g/mol. The van der Waals surface area contributed by atoms with E-state index in [-0.39, 0.29) is 12.1 Å². The number of carboxylic acid groups (broad SMARTS) is 1. The number of hydrogen-bond acceptors (Lipinski definition) is 5. The maximum absolute atomic E-state index is 11.0. The van der Waals surface area contributed by atoms with Gasteiger partial charge in [0.25, 0.3) is 0 Å². The topological polar surface area (TPSA) is 80.9 Å². The third-order valence-corrected chi connectivity index (χ3v) is 2.81. The molecule has 2 rings (SSSR count). The van der Waals surface area contributed by atoms with E-state index < -0.39 is 5.97 Å². The molecule has 0 saturated heterocycles. The van der Waals surface area contributed by atoms with Gasteiger partial charge < -0.3 is 24.3 Å². The van der Waals surface area contributed by atoms with Crippen LogP contribution in [0.2, 0.25) is 0 Å². The Morgan fingerprint density at radius 1 is 1.25 bits per heavy atom. The molecule has 6 nitrogen and oxygen atoms in total. The second kappa shape index (κ2) is 6.01. The highest BCUT2D eigenvalue weighted by Crippen LogP contribution is 2.30. The first-order valence-electron chi connectivity index (χ1n) is 5.91. The zero-order valence-corrected chi connectivity index (χ0v) is 11.2. The number of aromatic carboxylic acids is 1. The molecule has 0 aliphatic heterocycles. The van der Waals surface area contributed by atoms with Crippen molar-refractivity contribution in [2.45, 2.75) is 6.54 Å². The van der Waals surface area contributed by atoms with E-state index in [0.29, 0.717) is 17.3 Å². The number of nitrogens with one attached hydrogen (secondary N) is 1. The van der Waals surface area contributed by atoms with Crippen LogP contribution >= 0.6 is 0 Å². The van der Waals surface area contributed by atoms with Gasteiger partial charge in [0.2, 0.25) is 0 Å². The third kappa shape index (κ3) is 2.85. The van der Waals surface area contributed by atoms with Crippen molar-refractivity contribution >= 4 is 11.7 Å². The van der Waals surface area contributed by atoms with Crippen LogP contribution in [-0.4, -0.2) is 25.3 Å². The van der Waals surface area contributed by atoms with Crippen molar-refractivity contribution in [2.24, 2.45) is 0 Å². The lowest BCUT2D eigenvalue weighted by Crippen LogP contribution is -2.04. The van der Waals surface area contributed by atoms with Gasteiger partial charge >= 0.3 is 5.97 Å². The molecule has 0 aliphatic rings. The molecule has 106 valence electrons. The summed E-state index contributed by atoms with van der Waals surface area (Å²) in [7, 11) is 3.11. The molecule has 1 aromatic heterocycles. The van der Waals surface area contributed by atoms with E-state index in [4.69, 9.17) is 19.0 Å². The van der Waals surface area contributed by atoms with E-state index in [1.165, 1.54) is 12.3 Å². The Bertz CT molecular complexity index is 605. The molecule has 6 heteroatoms. The van der Waals surface area contributed by atoms with Crippen molar-refractivity contribution in [1.29, 1.82) is 0 Å². The molecule has 1 aromatic carbocycles. The van der Waals surface area contributed by atoms with Gasteiger partial charge in [0.1, 0.15) is 11.3 Å². The zero-order valence-electron chi connectivity index (χ0n) is 11.2. The number of hydrogen-bond donors (Lipinski definition) is 2. The van der Waals surface area contributed by atoms with Crippen LogP contribution in [0.25, 0.3) is 0 Å². The third-order valence-electron chi connectivity index (χ3n) is 2.81. The number of furan rings is 1. The first-order chi connectivity index (χ1) is 9.65. The smallest absolute Gasteiger partial charge is 0.339 e. The van der Waals surface area contributed by atoms with Gasteiger partial charge in [-0.2, -0.15) is 0 Å². The zero-order chi connectivity index (χ0) is 14.5. The van der Waals surface area contributed by atoms with Crippen LogP contribution in [0.4, 0.5) is 5.69 Å². The molecule has 0 radical (unpaired) electrons. The van der Waals surface area contributed by atoms with Gasteiger partial charge in [-0.1, -0.05) is 0 Å². The number of rotatable bonds is 6. The van der Waals surface area contributed by atoms with E-state index in [1.54, 1.807) is 26.4 Å². The number of benzene rings is 1. The molecule has 0 amide bonds. The minimum absolute atomic E-state index is 0.151. The maximum atomic E-state index is 11.0. The second-order valence-corrected chi connectivity index (χ2v) is 3.99. The summed E-state index contributed by atoms with van der Waals surface area (Å²) in [5, 5.41) is 12.1. The Hall–Kier alpha value is -2.63. The van der Waals surface area contributed by atoms with Crippen LogP contribution in [0.3, 0.4) is 0 Å². The van der Waals surface area contributed by atoms with Gasteiger partial charge in [0.15, 0.2) is 11.5 Å². The summed E-state index contributed by atoms with van der Waals surface area (Å²) < 4.78 is 15.5. The quantitative estimate of drug-likeness (QED) is 0.844. The van der Waals surface area contributed by atoms with Crippen molar-refractivity contribution < 1.29 is 23.8 Å². The summed E-state index contributed by atoms with van der Waals surface area (Å²) in [5.74, 6) is 0.577. The second-order valence-electron chi connectivity index (χ2n) is 3.99. The molecule has 0 atom stereocenters. The van der Waals surface area contributed by atoms with Crippen molar-refractivity contribution in [3.8, 4) is 11.5 Å². The predicted molar refractivity (Wildman–Crippen MR) is 72.5 cm³/mol. The summed E-state index contributed by atoms with van der Waals surface area (Å²) in [6.45, 7) is 0.268. The van der Waals surface area contributed by atoms with Crippen LogP contribution in [0.15, 0.2) is 34.9 Å². The molecule has 0 saturated carbocycles. The van der Waals surface area contributed by atoms with E-state index in [2.05, 4.69) is 5.32 Å². The average Bonchev–Trinajstić information content (AvgIpc) is 2.93. The van der Waals surface area contributed by atoms with Crippen LogP contribution in [0.1, 0.15) is 16.1 Å². The van der Waals surface area contributed by atoms with Gasteiger partial charge in [-0.25, -0.2) is 4.79 Å². The first kappa shape index (κ1) is 13.8. The lowest BCUT2D eigenvalue weighted by Gasteiger charge is -2.10. The van der Waals surface area contributed by atoms with Gasteiger partial charge in [0.05, 0.1) is 27.0 Å². The molecule has 0 aliphatic carbocycles. The Kier molecular flexibility index (Phi) is 4.14. The summed E-state index contributed by atoms with van der Waals surface area (Å²) in [5.41, 5.74) is 0.924. The Labute approximate surface area is 115 Å². The maximum Gasteiger partial charge on any atom is 0.339 e. The van der Waals surface area contributed by atoms with Crippen molar-refractivity contribution in [2.75, 3.05) is 19.5 Å². The average molecular weight is 277 g/mol. The van der Waals surface area contributed by atoms with Gasteiger partial charge in [-0.15, -0.1) is 0 Å². The lowest BCUT2D eigenvalue weighted by atomic mass is 10.2. The molecule has 0 unspecified atom stereocenters. The largest absolute Gasteiger partial charge is 0.493 e. The number of anilines is 1. The van der Waals surface area contributed by atoms with Crippen molar-refractivity contribution in [3.05, 3.63) is 41.9 Å². The molecule has 0 fully saturated rings. The van der Waals surface area contributed by atoms with Crippen LogP contribution in [-0.2, 0) is 6.54 Å². The molecule has 2 aromatic rings. The Morgan fingerprint density at radius 3 is 2.65 bits per heavy atom. The Balaban J connectivity index is 2.11. The number of methoxy groups -OCH3 is 2. The summed E-state index contributed by atoms with van der Waals surface area (Å²) in [6, 6.07) is 6.77. The molecule has 0 spiro atoms. The molecule has 1 heterocycles. The molecular formula is C14H15NO5. The highest BCUT2D eigenvalue weighted by Gasteiger charge is 2.13. The first-order valence-corrected chi connectivity index (χ1v) is 5.91. The SMILES string of the molecule is COc1ccc(NCc2occc2C(=O)O)cc1OC. The lowest BCUT2D eigenvalue weighted by molar-refractivity contribution is 0.0694. The normalized spacial score (nSPS) is 10.1. The minimum atomic E-state index is -1.01. The summed E-state index contributed by atoms with van der Waals surface area (Å²) >= 11 is 0. The fourth-order valence-corrected chi connectivity index (χ4v) is 1.80. The van der Waals surface area contributed by atoms with Gasteiger partial charge in [-0.3, -0.25) is 0 Å².